The minimum absolute atomic E-state index is 0.275. The zero-order valence-electron chi connectivity index (χ0n) is 10.3. The van der Waals surface area contributed by atoms with Crippen LogP contribution in [0.15, 0.2) is 24.5 Å². The zero-order chi connectivity index (χ0) is 14.0. The fraction of sp³-hybridized carbons (Fsp3) is 0.250. The molecule has 0 amide bonds. The second-order valence-electron chi connectivity index (χ2n) is 4.10. The molecule has 4 nitrogen and oxygen atoms in total. The molecule has 0 bridgehead atoms. The highest BCUT2D eigenvalue weighted by atomic mass is 35.5. The predicted octanol–water partition coefficient (Wildman–Crippen LogP) is 3.69. The standard InChI is InChI=1S/C12H11ClF2N4/c1-7-6-17-9(13)5-8(7)18-10-3-4-16-11(19-10)12(2,14)15/h3-6H,1-2H3,(H,16,17,18,19). The van der Waals surface area contributed by atoms with Gasteiger partial charge in [-0.3, -0.25) is 0 Å². The highest BCUT2D eigenvalue weighted by Crippen LogP contribution is 2.26. The van der Waals surface area contributed by atoms with Gasteiger partial charge in [0.1, 0.15) is 11.0 Å². The maximum atomic E-state index is 13.1. The van der Waals surface area contributed by atoms with Crippen molar-refractivity contribution in [2.45, 2.75) is 19.8 Å². The number of aryl methyl sites for hydroxylation is 1. The maximum absolute atomic E-state index is 13.1. The van der Waals surface area contributed by atoms with Crippen LogP contribution in [0, 0.1) is 6.92 Å². The monoisotopic (exact) mass is 284 g/mol. The highest BCUT2D eigenvalue weighted by molar-refractivity contribution is 6.29. The molecule has 0 spiro atoms. The molecule has 100 valence electrons. The molecule has 0 fully saturated rings. The third-order valence-electron chi connectivity index (χ3n) is 2.38. The van der Waals surface area contributed by atoms with Gasteiger partial charge in [-0.1, -0.05) is 11.6 Å². The van der Waals surface area contributed by atoms with Gasteiger partial charge in [0.05, 0.1) is 0 Å². The van der Waals surface area contributed by atoms with Gasteiger partial charge in [0.25, 0.3) is 0 Å². The van der Waals surface area contributed by atoms with Crippen molar-refractivity contribution in [2.24, 2.45) is 0 Å². The van der Waals surface area contributed by atoms with Gasteiger partial charge in [0.2, 0.25) is 5.82 Å². The maximum Gasteiger partial charge on any atom is 0.303 e. The Kier molecular flexibility index (Phi) is 3.61. The van der Waals surface area contributed by atoms with Gasteiger partial charge in [0, 0.05) is 25.0 Å². The summed E-state index contributed by atoms with van der Waals surface area (Å²) in [6, 6.07) is 3.10. The lowest BCUT2D eigenvalue weighted by Crippen LogP contribution is -2.13. The van der Waals surface area contributed by atoms with E-state index in [2.05, 4.69) is 20.3 Å². The number of nitrogens with zero attached hydrogens (tertiary/aromatic N) is 3. The fourth-order valence-electron chi connectivity index (χ4n) is 1.41. The third kappa shape index (κ3) is 3.35. The van der Waals surface area contributed by atoms with Crippen molar-refractivity contribution >= 4 is 23.1 Å². The molecule has 0 unspecified atom stereocenters. The van der Waals surface area contributed by atoms with Gasteiger partial charge in [-0.05, 0) is 24.6 Å². The molecule has 0 aliphatic rings. The number of anilines is 2. The molecule has 2 aromatic rings. The van der Waals surface area contributed by atoms with E-state index in [9.17, 15) is 8.78 Å². The Morgan fingerprint density at radius 1 is 1.32 bits per heavy atom. The Bertz CT molecular complexity index is 599. The first-order valence-electron chi connectivity index (χ1n) is 5.47. The average molecular weight is 285 g/mol. The Morgan fingerprint density at radius 2 is 2.05 bits per heavy atom. The summed E-state index contributed by atoms with van der Waals surface area (Å²) in [5.41, 5.74) is 1.48. The van der Waals surface area contributed by atoms with Crippen LogP contribution in [0.3, 0.4) is 0 Å². The highest BCUT2D eigenvalue weighted by Gasteiger charge is 2.28. The van der Waals surface area contributed by atoms with E-state index in [4.69, 9.17) is 11.6 Å². The summed E-state index contributed by atoms with van der Waals surface area (Å²) >= 11 is 5.78. The van der Waals surface area contributed by atoms with Crippen molar-refractivity contribution in [3.8, 4) is 0 Å². The van der Waals surface area contributed by atoms with Crippen LogP contribution in [0.4, 0.5) is 20.3 Å². The number of nitrogens with one attached hydrogen (secondary N) is 1. The summed E-state index contributed by atoms with van der Waals surface area (Å²) in [6.45, 7) is 2.57. The molecule has 1 N–H and O–H groups in total. The largest absolute Gasteiger partial charge is 0.340 e. The number of alkyl halides is 2. The molecule has 7 heteroatoms. The van der Waals surface area contributed by atoms with Crippen LogP contribution in [-0.4, -0.2) is 15.0 Å². The molecule has 0 atom stereocenters. The molecular formula is C12H11ClF2N4. The van der Waals surface area contributed by atoms with E-state index in [0.29, 0.717) is 10.8 Å². The quantitative estimate of drug-likeness (QED) is 0.873. The average Bonchev–Trinajstić information content (AvgIpc) is 2.33. The normalized spacial score (nSPS) is 11.4. The number of aromatic nitrogens is 3. The van der Waals surface area contributed by atoms with E-state index in [1.54, 1.807) is 12.3 Å². The molecule has 0 aliphatic heterocycles. The molecular weight excluding hydrogens is 274 g/mol. The SMILES string of the molecule is Cc1cnc(Cl)cc1Nc1ccnc(C(C)(F)F)n1. The van der Waals surface area contributed by atoms with Crippen LogP contribution in [0.5, 0.6) is 0 Å². The van der Waals surface area contributed by atoms with E-state index in [1.807, 2.05) is 6.92 Å². The van der Waals surface area contributed by atoms with Crippen LogP contribution in [0.25, 0.3) is 0 Å². The van der Waals surface area contributed by atoms with Crippen molar-refractivity contribution < 1.29 is 8.78 Å². The van der Waals surface area contributed by atoms with Crippen LogP contribution >= 0.6 is 11.6 Å². The van der Waals surface area contributed by atoms with Gasteiger partial charge < -0.3 is 5.32 Å². The molecule has 0 saturated carbocycles. The molecule has 2 aromatic heterocycles. The summed E-state index contributed by atoms with van der Waals surface area (Å²) in [7, 11) is 0. The van der Waals surface area contributed by atoms with Gasteiger partial charge >= 0.3 is 5.92 Å². The number of rotatable bonds is 3. The molecule has 0 aromatic carbocycles. The first kappa shape index (κ1) is 13.6. The molecule has 0 aliphatic carbocycles. The fourth-order valence-corrected chi connectivity index (χ4v) is 1.57. The van der Waals surface area contributed by atoms with E-state index in [-0.39, 0.29) is 5.82 Å². The summed E-state index contributed by atoms with van der Waals surface area (Å²) in [5.74, 6) is -3.34. The molecule has 2 heterocycles. The lowest BCUT2D eigenvalue weighted by atomic mass is 10.2. The summed E-state index contributed by atoms with van der Waals surface area (Å²) in [5, 5.41) is 3.23. The minimum Gasteiger partial charge on any atom is -0.340 e. The van der Waals surface area contributed by atoms with Crippen LogP contribution < -0.4 is 5.32 Å². The van der Waals surface area contributed by atoms with E-state index >= 15 is 0 Å². The second kappa shape index (κ2) is 5.05. The van der Waals surface area contributed by atoms with Crippen LogP contribution in [-0.2, 0) is 5.92 Å². The third-order valence-corrected chi connectivity index (χ3v) is 2.59. The summed E-state index contributed by atoms with van der Waals surface area (Å²) in [4.78, 5) is 11.2. The van der Waals surface area contributed by atoms with Gasteiger partial charge in [-0.25, -0.2) is 15.0 Å². The minimum atomic E-state index is -3.08. The number of halogens is 3. The molecule has 0 saturated heterocycles. The molecule has 19 heavy (non-hydrogen) atoms. The van der Waals surface area contributed by atoms with Gasteiger partial charge in [-0.2, -0.15) is 8.78 Å². The van der Waals surface area contributed by atoms with E-state index in [0.717, 1.165) is 12.5 Å². The number of hydrogen-bond acceptors (Lipinski definition) is 4. The van der Waals surface area contributed by atoms with E-state index in [1.165, 1.54) is 12.3 Å². The first-order valence-corrected chi connectivity index (χ1v) is 5.84. The Labute approximate surface area is 113 Å². The Hall–Kier alpha value is -1.82. The van der Waals surface area contributed by atoms with Crippen LogP contribution in [0.2, 0.25) is 5.15 Å². The van der Waals surface area contributed by atoms with Gasteiger partial charge in [-0.15, -0.1) is 0 Å². The van der Waals surface area contributed by atoms with E-state index < -0.39 is 11.7 Å². The van der Waals surface area contributed by atoms with Crippen LogP contribution in [0.1, 0.15) is 18.3 Å². The smallest absolute Gasteiger partial charge is 0.303 e. The topological polar surface area (TPSA) is 50.7 Å². The molecule has 2 rings (SSSR count). The van der Waals surface area contributed by atoms with Crippen molar-refractivity contribution in [1.29, 1.82) is 0 Å². The molecule has 0 radical (unpaired) electrons. The van der Waals surface area contributed by atoms with Crippen molar-refractivity contribution in [3.05, 3.63) is 41.1 Å². The zero-order valence-corrected chi connectivity index (χ0v) is 11.0. The summed E-state index contributed by atoms with van der Waals surface area (Å²) in [6.07, 6.45) is 2.86. The van der Waals surface area contributed by atoms with Gasteiger partial charge in [0.15, 0.2) is 0 Å². The number of pyridine rings is 1. The summed E-state index contributed by atoms with van der Waals surface area (Å²) < 4.78 is 26.3. The lowest BCUT2D eigenvalue weighted by Gasteiger charge is -2.12. The number of hydrogen-bond donors (Lipinski definition) is 1. The first-order chi connectivity index (χ1) is 8.86. The Morgan fingerprint density at radius 3 is 2.74 bits per heavy atom. The van der Waals surface area contributed by atoms with Crippen molar-refractivity contribution in [1.82, 2.24) is 15.0 Å². The predicted molar refractivity (Wildman–Crippen MR) is 68.9 cm³/mol. The van der Waals surface area contributed by atoms with Crippen molar-refractivity contribution in [2.75, 3.05) is 5.32 Å². The second-order valence-corrected chi connectivity index (χ2v) is 4.49. The lowest BCUT2D eigenvalue weighted by molar-refractivity contribution is 0.00783. The Balaban J connectivity index is 2.31. The van der Waals surface area contributed by atoms with Crippen molar-refractivity contribution in [3.63, 3.8) is 0 Å².